The molecule has 0 saturated carbocycles. The lowest BCUT2D eigenvalue weighted by atomic mass is 9.98. The molecular formula is C41H57FN4O14P2. The molecule has 2 N–H and O–H groups in total. The first-order valence-corrected chi connectivity index (χ1v) is 23.2. The van der Waals surface area contributed by atoms with E-state index < -0.39 is 94.7 Å². The number of halogens is 1. The highest BCUT2D eigenvalue weighted by atomic mass is 31.2. The number of H-pyrrole nitrogens is 1. The van der Waals surface area contributed by atoms with E-state index in [2.05, 4.69) is 6.58 Å². The van der Waals surface area contributed by atoms with Gasteiger partial charge in [0.1, 0.15) is 36.8 Å². The number of aromatic nitrogens is 2. The van der Waals surface area contributed by atoms with Crippen LogP contribution in [0.1, 0.15) is 66.5 Å². The van der Waals surface area contributed by atoms with Crippen LogP contribution < -0.4 is 20.3 Å². The summed E-state index contributed by atoms with van der Waals surface area (Å²) in [4.78, 5) is 52.2. The Balaban J connectivity index is 1.52. The summed E-state index contributed by atoms with van der Waals surface area (Å²) in [6.07, 6.45) is -1.97. The molecule has 2 heterocycles. The molecule has 18 nitrogen and oxygen atoms in total. The highest BCUT2D eigenvalue weighted by Gasteiger charge is 2.56. The molecule has 1 fully saturated rings. The molecule has 0 amide bonds. The van der Waals surface area contributed by atoms with Crippen molar-refractivity contribution in [1.29, 1.82) is 0 Å². The second-order valence-electron chi connectivity index (χ2n) is 15.0. The zero-order valence-electron chi connectivity index (χ0n) is 35.5. The number of aliphatic hydroxyl groups is 1. The van der Waals surface area contributed by atoms with E-state index in [1.54, 1.807) is 76.2 Å². The molecule has 1 saturated heterocycles. The van der Waals surface area contributed by atoms with E-state index in [9.17, 15) is 33.4 Å². The van der Waals surface area contributed by atoms with Gasteiger partial charge in [0.15, 0.2) is 11.9 Å². The van der Waals surface area contributed by atoms with Gasteiger partial charge in [0.05, 0.1) is 25.4 Å². The Hall–Kier alpha value is -4.45. The molecule has 0 bridgehead atoms. The number of carbonyl (C=O) groups is 2. The number of hydrogen-bond acceptors (Lipinski definition) is 14. The molecule has 2 unspecified atom stereocenters. The minimum Gasteiger partial charge on any atom is -0.462 e. The Bertz CT molecular complexity index is 2120. The zero-order valence-corrected chi connectivity index (χ0v) is 37.3. The molecule has 1 aromatic heterocycles. The number of nitrogens with zero attached hydrogens (tertiary/aromatic N) is 3. The van der Waals surface area contributed by atoms with Crippen LogP contribution in [0, 0.1) is 0 Å². The monoisotopic (exact) mass is 910 g/mol. The third-order valence-electron chi connectivity index (χ3n) is 9.14. The van der Waals surface area contributed by atoms with Crippen molar-refractivity contribution in [2.75, 3.05) is 39.4 Å². The molecule has 2 aromatic carbocycles. The van der Waals surface area contributed by atoms with Gasteiger partial charge in [-0.3, -0.25) is 33.0 Å². The average molecular weight is 911 g/mol. The summed E-state index contributed by atoms with van der Waals surface area (Å²) < 4.78 is 88.4. The maximum atomic E-state index is 16.0. The Kier molecular flexibility index (Phi) is 18.9. The number of hydrogen-bond donors (Lipinski definition) is 2. The minimum atomic E-state index is -4.58. The van der Waals surface area contributed by atoms with Crippen LogP contribution in [0.15, 0.2) is 95.2 Å². The van der Waals surface area contributed by atoms with Crippen LogP contribution in [0.3, 0.4) is 0 Å². The van der Waals surface area contributed by atoms with Crippen molar-refractivity contribution < 1.29 is 60.5 Å². The van der Waals surface area contributed by atoms with E-state index in [4.69, 9.17) is 32.3 Å². The van der Waals surface area contributed by atoms with Crippen LogP contribution in [-0.2, 0) is 42.0 Å². The highest BCUT2D eigenvalue weighted by molar-refractivity contribution is 7.52. The largest absolute Gasteiger partial charge is 0.462 e. The van der Waals surface area contributed by atoms with Crippen molar-refractivity contribution in [3.8, 4) is 11.5 Å². The summed E-state index contributed by atoms with van der Waals surface area (Å²) in [6.45, 7) is 9.56. The van der Waals surface area contributed by atoms with Crippen molar-refractivity contribution in [2.45, 2.75) is 96.6 Å². The number of carbonyl (C=O) groups excluding carboxylic acids is 2. The van der Waals surface area contributed by atoms with Gasteiger partial charge in [-0.05, 0) is 71.7 Å². The van der Waals surface area contributed by atoms with Gasteiger partial charge in [0.2, 0.25) is 0 Å². The fraction of sp³-hybridized carbons (Fsp3) is 0.512. The fourth-order valence-electron chi connectivity index (χ4n) is 6.25. The van der Waals surface area contributed by atoms with Crippen molar-refractivity contribution in [2.24, 2.45) is 0 Å². The number of benzene rings is 2. The van der Waals surface area contributed by atoms with Crippen LogP contribution in [-0.4, -0.2) is 105 Å². The third-order valence-corrected chi connectivity index (χ3v) is 13.0. The Morgan fingerprint density at radius 2 is 1.34 bits per heavy atom. The van der Waals surface area contributed by atoms with Crippen molar-refractivity contribution in [3.63, 3.8) is 0 Å². The first-order chi connectivity index (χ1) is 29.4. The molecule has 4 rings (SSSR count). The van der Waals surface area contributed by atoms with Gasteiger partial charge in [-0.1, -0.05) is 55.3 Å². The molecule has 0 radical (unpaired) electrons. The maximum Gasteiger partial charge on any atom is 0.462 e. The van der Waals surface area contributed by atoms with Crippen molar-refractivity contribution in [3.05, 3.63) is 106 Å². The Labute approximate surface area is 360 Å². The van der Waals surface area contributed by atoms with Gasteiger partial charge in [-0.2, -0.15) is 9.34 Å². The second-order valence-corrected chi connectivity index (χ2v) is 18.9. The quantitative estimate of drug-likeness (QED) is 0.0398. The van der Waals surface area contributed by atoms with Gasteiger partial charge in [0.25, 0.3) is 5.56 Å². The van der Waals surface area contributed by atoms with Gasteiger partial charge in [0, 0.05) is 25.4 Å². The van der Waals surface area contributed by atoms with Crippen LogP contribution in [0.2, 0.25) is 0 Å². The number of aliphatic hydroxyl groups excluding tert-OH is 1. The standard InChI is InChI=1S/C41H57FN4O14P2/c1-7-26-54-61(52,59-32-18-12-10-13-19-32)44(27-36(48)56-30(2)3)23-16-8-9-17-24-45(28-37(49)57-31(4)5)62(53,60-33-20-14-11-15-21-33)55-29-34-38(50)41(6,42)39(58-34)46-25-22-35(47)43-40(46)51/h7,10-15,18-22,25,30-31,34,38-39,50H,1,8-9,16-17,23-24,26-29H2,2-6H3,(H,43,47,51)/t34-,38-,39-,41-,61?,62?/m1/s1. The lowest BCUT2D eigenvalue weighted by Gasteiger charge is -2.31. The van der Waals surface area contributed by atoms with Gasteiger partial charge < -0.3 is 28.4 Å². The number of ether oxygens (including phenoxy) is 3. The van der Waals surface area contributed by atoms with E-state index in [1.165, 1.54) is 27.5 Å². The molecule has 0 spiro atoms. The van der Waals surface area contributed by atoms with E-state index in [1.807, 2.05) is 4.98 Å². The molecule has 342 valence electrons. The van der Waals surface area contributed by atoms with Crippen LogP contribution in [0.4, 0.5) is 4.39 Å². The van der Waals surface area contributed by atoms with Gasteiger partial charge in [-0.15, -0.1) is 6.58 Å². The first kappa shape index (κ1) is 50.2. The number of aromatic amines is 1. The molecular weight excluding hydrogens is 853 g/mol. The van der Waals surface area contributed by atoms with E-state index in [0.717, 1.165) is 23.8 Å². The molecule has 0 aliphatic carbocycles. The maximum absolute atomic E-state index is 16.0. The lowest BCUT2D eigenvalue weighted by Crippen LogP contribution is -2.43. The number of para-hydroxylation sites is 2. The lowest BCUT2D eigenvalue weighted by molar-refractivity contribution is -0.148. The molecule has 1 aliphatic heterocycles. The number of alkyl halides is 1. The highest BCUT2D eigenvalue weighted by Crippen LogP contribution is 2.54. The summed E-state index contributed by atoms with van der Waals surface area (Å²) >= 11 is 0. The summed E-state index contributed by atoms with van der Waals surface area (Å²) in [5.41, 5.74) is -4.28. The van der Waals surface area contributed by atoms with Crippen LogP contribution in [0.5, 0.6) is 11.5 Å². The second kappa shape index (κ2) is 23.3. The number of nitrogens with one attached hydrogen (secondary N) is 1. The van der Waals surface area contributed by atoms with E-state index in [-0.39, 0.29) is 31.2 Å². The summed E-state index contributed by atoms with van der Waals surface area (Å²) in [6, 6.07) is 17.3. The predicted octanol–water partition coefficient (Wildman–Crippen LogP) is 6.18. The SMILES string of the molecule is C=CCOP(=O)(Oc1ccccc1)N(CCCCCCN(CC(=O)OC(C)C)P(=O)(OC[C@H]1O[C@@H](n2ccc(=O)[nH]c2=O)[C@](C)(F)[C@@H]1O)Oc1ccccc1)CC(=O)OC(C)C. The first-order valence-electron chi connectivity index (χ1n) is 20.2. The Morgan fingerprint density at radius 3 is 1.79 bits per heavy atom. The van der Waals surface area contributed by atoms with Crippen LogP contribution >= 0.6 is 15.5 Å². The third kappa shape index (κ3) is 14.6. The topological polar surface area (TPSA) is 214 Å². The summed E-state index contributed by atoms with van der Waals surface area (Å²) in [7, 11) is -8.70. The number of rotatable bonds is 26. The van der Waals surface area contributed by atoms with Gasteiger partial charge in [-0.25, -0.2) is 18.3 Å². The fourth-order valence-corrected chi connectivity index (χ4v) is 9.67. The summed E-state index contributed by atoms with van der Waals surface area (Å²) in [5.74, 6) is -1.01. The number of unbranched alkanes of at least 4 members (excludes halogenated alkanes) is 3. The van der Waals surface area contributed by atoms with Crippen molar-refractivity contribution >= 4 is 27.4 Å². The van der Waals surface area contributed by atoms with Crippen molar-refractivity contribution in [1.82, 2.24) is 18.9 Å². The summed E-state index contributed by atoms with van der Waals surface area (Å²) in [5, 5.41) is 11.0. The predicted molar refractivity (Wildman–Crippen MR) is 226 cm³/mol. The molecule has 3 aromatic rings. The molecule has 1 aliphatic rings. The smallest absolute Gasteiger partial charge is 0.462 e. The van der Waals surface area contributed by atoms with E-state index >= 15 is 4.39 Å². The zero-order chi connectivity index (χ0) is 45.5. The minimum absolute atomic E-state index is 0.0515. The number of esters is 2. The average Bonchev–Trinajstić information content (AvgIpc) is 3.43. The Morgan fingerprint density at radius 1 is 0.855 bits per heavy atom. The molecule has 6 atom stereocenters. The normalized spacial score (nSPS) is 20.8. The van der Waals surface area contributed by atoms with Crippen LogP contribution in [0.25, 0.3) is 0 Å². The molecule has 62 heavy (non-hydrogen) atoms. The molecule has 21 heteroatoms. The van der Waals surface area contributed by atoms with E-state index in [0.29, 0.717) is 25.7 Å². The van der Waals surface area contributed by atoms with Gasteiger partial charge >= 0.3 is 33.1 Å².